The molecule has 128 valence electrons. The zero-order chi connectivity index (χ0) is 17.6. The molecular formula is C17H16N4O4. The standard InChI is InChI=1S/C17H16N4O4/c1-23-12-4-3-5-13(24-2)15(12)16(22)19-10-14-20-21-17(25-14)11-6-8-18-9-7-11/h3-9H,10H2,1-2H3,(H,19,22). The summed E-state index contributed by atoms with van der Waals surface area (Å²) in [5.41, 5.74) is 1.06. The van der Waals surface area contributed by atoms with Gasteiger partial charge in [0.15, 0.2) is 0 Å². The molecule has 8 nitrogen and oxygen atoms in total. The van der Waals surface area contributed by atoms with Crippen LogP contribution in [0.2, 0.25) is 0 Å². The number of pyridine rings is 1. The number of amides is 1. The minimum absolute atomic E-state index is 0.0815. The molecule has 1 amide bonds. The van der Waals surface area contributed by atoms with Crippen LogP contribution in [0, 0.1) is 0 Å². The molecule has 0 aliphatic heterocycles. The Bertz CT molecular complexity index is 842. The van der Waals surface area contributed by atoms with Crippen molar-refractivity contribution in [3.8, 4) is 23.0 Å². The monoisotopic (exact) mass is 340 g/mol. The number of methoxy groups -OCH3 is 2. The number of hydrogen-bond acceptors (Lipinski definition) is 7. The fourth-order valence-electron chi connectivity index (χ4n) is 2.26. The molecular weight excluding hydrogens is 324 g/mol. The average molecular weight is 340 g/mol. The maximum absolute atomic E-state index is 12.5. The van der Waals surface area contributed by atoms with Gasteiger partial charge in [-0.25, -0.2) is 0 Å². The normalized spacial score (nSPS) is 10.3. The Hall–Kier alpha value is -3.42. The summed E-state index contributed by atoms with van der Waals surface area (Å²) in [7, 11) is 2.98. The maximum Gasteiger partial charge on any atom is 0.259 e. The summed E-state index contributed by atoms with van der Waals surface area (Å²) in [6.07, 6.45) is 3.27. The number of hydrogen-bond donors (Lipinski definition) is 1. The minimum atomic E-state index is -0.363. The van der Waals surface area contributed by atoms with Gasteiger partial charge in [-0.05, 0) is 24.3 Å². The topological polar surface area (TPSA) is 99.4 Å². The van der Waals surface area contributed by atoms with Gasteiger partial charge in [-0.3, -0.25) is 9.78 Å². The van der Waals surface area contributed by atoms with E-state index in [1.807, 2.05) is 0 Å². The summed E-state index contributed by atoms with van der Waals surface area (Å²) >= 11 is 0. The summed E-state index contributed by atoms with van der Waals surface area (Å²) in [5, 5.41) is 10.6. The van der Waals surface area contributed by atoms with Crippen molar-refractivity contribution in [2.24, 2.45) is 0 Å². The van der Waals surface area contributed by atoms with Crippen molar-refractivity contribution >= 4 is 5.91 Å². The number of aromatic nitrogens is 3. The Morgan fingerprint density at radius 2 is 1.76 bits per heavy atom. The van der Waals surface area contributed by atoms with Crippen LogP contribution in [0.3, 0.4) is 0 Å². The second kappa shape index (κ2) is 7.43. The highest BCUT2D eigenvalue weighted by atomic mass is 16.5. The SMILES string of the molecule is COc1cccc(OC)c1C(=O)NCc1nnc(-c2ccncc2)o1. The van der Waals surface area contributed by atoms with E-state index in [9.17, 15) is 4.79 Å². The predicted octanol–water partition coefficient (Wildman–Crippen LogP) is 2.08. The van der Waals surface area contributed by atoms with Crippen LogP contribution in [-0.2, 0) is 6.54 Å². The van der Waals surface area contributed by atoms with Gasteiger partial charge in [-0.2, -0.15) is 0 Å². The van der Waals surface area contributed by atoms with Gasteiger partial charge in [-0.1, -0.05) is 6.07 Å². The van der Waals surface area contributed by atoms with Gasteiger partial charge in [0.05, 0.1) is 20.8 Å². The largest absolute Gasteiger partial charge is 0.496 e. The van der Waals surface area contributed by atoms with Crippen molar-refractivity contribution in [3.05, 3.63) is 54.2 Å². The highest BCUT2D eigenvalue weighted by Gasteiger charge is 2.19. The van der Waals surface area contributed by atoms with Crippen LogP contribution in [0.5, 0.6) is 11.5 Å². The van der Waals surface area contributed by atoms with Gasteiger partial charge in [0.1, 0.15) is 17.1 Å². The molecule has 0 bridgehead atoms. The molecule has 0 saturated carbocycles. The number of benzene rings is 1. The molecule has 3 rings (SSSR count). The smallest absolute Gasteiger partial charge is 0.259 e. The van der Waals surface area contributed by atoms with E-state index < -0.39 is 0 Å². The quantitative estimate of drug-likeness (QED) is 0.733. The lowest BCUT2D eigenvalue weighted by Crippen LogP contribution is -2.24. The Morgan fingerprint density at radius 3 is 2.40 bits per heavy atom. The first kappa shape index (κ1) is 16.4. The van der Waals surface area contributed by atoms with Crippen molar-refractivity contribution < 1.29 is 18.7 Å². The average Bonchev–Trinajstić information content (AvgIpc) is 3.15. The van der Waals surface area contributed by atoms with Crippen LogP contribution >= 0.6 is 0 Å². The summed E-state index contributed by atoms with van der Waals surface area (Å²) in [4.78, 5) is 16.4. The zero-order valence-electron chi connectivity index (χ0n) is 13.7. The number of carbonyl (C=O) groups excluding carboxylic acids is 1. The Morgan fingerprint density at radius 1 is 1.08 bits per heavy atom. The van der Waals surface area contributed by atoms with Crippen molar-refractivity contribution in [3.63, 3.8) is 0 Å². The molecule has 2 heterocycles. The molecule has 2 aromatic heterocycles. The van der Waals surface area contributed by atoms with Crippen LogP contribution < -0.4 is 14.8 Å². The van der Waals surface area contributed by atoms with Crippen LogP contribution in [-0.4, -0.2) is 35.3 Å². The molecule has 0 aliphatic carbocycles. The molecule has 0 fully saturated rings. The molecule has 1 aromatic carbocycles. The Labute approximate surface area is 143 Å². The fraction of sp³-hybridized carbons (Fsp3) is 0.176. The van der Waals surface area contributed by atoms with E-state index in [-0.39, 0.29) is 18.3 Å². The second-order valence-electron chi connectivity index (χ2n) is 4.96. The lowest BCUT2D eigenvalue weighted by Gasteiger charge is -2.12. The molecule has 3 aromatic rings. The van der Waals surface area contributed by atoms with E-state index in [2.05, 4.69) is 20.5 Å². The number of ether oxygens (including phenoxy) is 2. The van der Waals surface area contributed by atoms with Gasteiger partial charge in [-0.15, -0.1) is 10.2 Å². The fourth-order valence-corrected chi connectivity index (χ4v) is 2.26. The lowest BCUT2D eigenvalue weighted by molar-refractivity contribution is 0.0941. The van der Waals surface area contributed by atoms with Crippen LogP contribution in [0.15, 0.2) is 47.1 Å². The van der Waals surface area contributed by atoms with E-state index in [0.29, 0.717) is 23.0 Å². The summed E-state index contributed by atoms with van der Waals surface area (Å²) in [5.74, 6) is 1.12. The third-order valence-electron chi connectivity index (χ3n) is 3.45. The second-order valence-corrected chi connectivity index (χ2v) is 4.96. The minimum Gasteiger partial charge on any atom is -0.496 e. The van der Waals surface area contributed by atoms with Crippen molar-refractivity contribution in [2.75, 3.05) is 14.2 Å². The first-order chi connectivity index (χ1) is 12.2. The third-order valence-corrected chi connectivity index (χ3v) is 3.45. The highest BCUT2D eigenvalue weighted by Crippen LogP contribution is 2.28. The van der Waals surface area contributed by atoms with E-state index in [1.54, 1.807) is 42.7 Å². The maximum atomic E-state index is 12.5. The Kier molecular flexibility index (Phi) is 4.89. The van der Waals surface area contributed by atoms with Crippen molar-refractivity contribution in [1.29, 1.82) is 0 Å². The molecule has 25 heavy (non-hydrogen) atoms. The Balaban J connectivity index is 1.72. The first-order valence-electron chi connectivity index (χ1n) is 7.45. The summed E-state index contributed by atoms with van der Waals surface area (Å²) in [6.45, 7) is 0.0815. The van der Waals surface area contributed by atoms with Gasteiger partial charge in [0.25, 0.3) is 5.91 Å². The van der Waals surface area contributed by atoms with E-state index in [1.165, 1.54) is 14.2 Å². The number of nitrogens with zero attached hydrogens (tertiary/aromatic N) is 3. The van der Waals surface area contributed by atoms with Crippen LogP contribution in [0.4, 0.5) is 0 Å². The first-order valence-corrected chi connectivity index (χ1v) is 7.45. The molecule has 0 spiro atoms. The molecule has 0 radical (unpaired) electrons. The molecule has 8 heteroatoms. The van der Waals surface area contributed by atoms with Gasteiger partial charge < -0.3 is 19.2 Å². The molecule has 0 unspecified atom stereocenters. The van der Waals surface area contributed by atoms with Gasteiger partial charge in [0.2, 0.25) is 11.8 Å². The molecule has 1 N–H and O–H groups in total. The van der Waals surface area contributed by atoms with Gasteiger partial charge in [0, 0.05) is 18.0 Å². The highest BCUT2D eigenvalue weighted by molar-refractivity contribution is 5.99. The summed E-state index contributed by atoms with van der Waals surface area (Å²) in [6, 6.07) is 8.63. The predicted molar refractivity (Wildman–Crippen MR) is 88.2 cm³/mol. The summed E-state index contributed by atoms with van der Waals surface area (Å²) < 4.78 is 16.0. The zero-order valence-corrected chi connectivity index (χ0v) is 13.7. The van der Waals surface area contributed by atoms with Gasteiger partial charge >= 0.3 is 0 Å². The third kappa shape index (κ3) is 3.57. The molecule has 0 atom stereocenters. The van der Waals surface area contributed by atoms with Crippen molar-refractivity contribution in [2.45, 2.75) is 6.54 Å². The number of nitrogens with one attached hydrogen (secondary N) is 1. The van der Waals surface area contributed by atoms with E-state index in [4.69, 9.17) is 13.9 Å². The van der Waals surface area contributed by atoms with Crippen molar-refractivity contribution in [1.82, 2.24) is 20.5 Å². The number of rotatable bonds is 6. The van der Waals surface area contributed by atoms with Crippen LogP contribution in [0.1, 0.15) is 16.2 Å². The van der Waals surface area contributed by atoms with E-state index >= 15 is 0 Å². The molecule has 0 aliphatic rings. The molecule has 0 saturated heterocycles. The van der Waals surface area contributed by atoms with E-state index in [0.717, 1.165) is 5.56 Å². The lowest BCUT2D eigenvalue weighted by atomic mass is 10.1. The van der Waals surface area contributed by atoms with Crippen LogP contribution in [0.25, 0.3) is 11.5 Å². The number of carbonyl (C=O) groups is 1.